The number of halogens is 3. The van der Waals surface area contributed by atoms with Gasteiger partial charge in [-0.3, -0.25) is 0 Å². The summed E-state index contributed by atoms with van der Waals surface area (Å²) in [7, 11) is 0. The van der Waals surface area contributed by atoms with Crippen molar-refractivity contribution in [1.29, 1.82) is 0 Å². The van der Waals surface area contributed by atoms with Crippen LogP contribution in [-0.2, 0) is 4.79 Å². The summed E-state index contributed by atoms with van der Waals surface area (Å²) in [6, 6.07) is -1.06. The minimum absolute atomic E-state index is 0.169. The molecule has 0 radical (unpaired) electrons. The molecule has 1 atom stereocenters. The second-order valence-electron chi connectivity index (χ2n) is 3.29. The number of aromatic nitrogens is 2. The molecular formula is C9H11BrF2N2O2. The summed E-state index contributed by atoms with van der Waals surface area (Å²) in [4.78, 5) is 10.9. The Bertz CT molecular complexity index is 406. The fourth-order valence-electron chi connectivity index (χ4n) is 1.43. The summed E-state index contributed by atoms with van der Waals surface area (Å²) in [6.07, 6.45) is -2.56. The van der Waals surface area contributed by atoms with Crippen LogP contribution in [0.3, 0.4) is 0 Å². The summed E-state index contributed by atoms with van der Waals surface area (Å²) in [6.45, 7) is 3.15. The molecule has 0 amide bonds. The van der Waals surface area contributed by atoms with E-state index in [0.29, 0.717) is 5.69 Å². The SMILES string of the molecule is CCC(C(=O)O)n1nc(C)c(Br)c1C(F)F. The Morgan fingerprint density at radius 2 is 2.19 bits per heavy atom. The molecule has 1 heterocycles. The number of nitrogens with zero attached hydrogens (tertiary/aromatic N) is 2. The zero-order valence-electron chi connectivity index (χ0n) is 8.75. The molecule has 1 aromatic heterocycles. The number of aryl methyl sites for hydroxylation is 1. The van der Waals surface area contributed by atoms with E-state index in [1.165, 1.54) is 0 Å². The van der Waals surface area contributed by atoms with Gasteiger partial charge in [0, 0.05) is 0 Å². The maximum atomic E-state index is 12.8. The van der Waals surface area contributed by atoms with Gasteiger partial charge in [-0.05, 0) is 29.3 Å². The number of hydrogen-bond acceptors (Lipinski definition) is 2. The summed E-state index contributed by atoms with van der Waals surface area (Å²) < 4.78 is 26.6. The lowest BCUT2D eigenvalue weighted by molar-refractivity contribution is -0.141. The topological polar surface area (TPSA) is 55.1 Å². The predicted molar refractivity (Wildman–Crippen MR) is 56.6 cm³/mol. The van der Waals surface area contributed by atoms with E-state index >= 15 is 0 Å². The van der Waals surface area contributed by atoms with Crippen LogP contribution in [0, 0.1) is 6.92 Å². The van der Waals surface area contributed by atoms with E-state index in [1.54, 1.807) is 13.8 Å². The molecule has 1 unspecified atom stereocenters. The Kier molecular flexibility index (Phi) is 4.01. The van der Waals surface area contributed by atoms with Crippen molar-refractivity contribution in [1.82, 2.24) is 9.78 Å². The zero-order chi connectivity index (χ0) is 12.5. The van der Waals surface area contributed by atoms with Crippen molar-refractivity contribution in [2.45, 2.75) is 32.7 Å². The average Bonchev–Trinajstić information content (AvgIpc) is 2.43. The van der Waals surface area contributed by atoms with Crippen molar-refractivity contribution in [3.05, 3.63) is 15.9 Å². The van der Waals surface area contributed by atoms with Gasteiger partial charge in [0.25, 0.3) is 6.43 Å². The third-order valence-corrected chi connectivity index (χ3v) is 3.20. The van der Waals surface area contributed by atoms with Gasteiger partial charge in [-0.2, -0.15) is 5.10 Å². The maximum absolute atomic E-state index is 12.8. The van der Waals surface area contributed by atoms with Gasteiger partial charge in [-0.15, -0.1) is 0 Å². The molecule has 7 heteroatoms. The molecule has 1 aromatic rings. The van der Waals surface area contributed by atoms with E-state index in [-0.39, 0.29) is 16.6 Å². The van der Waals surface area contributed by atoms with Gasteiger partial charge in [-0.25, -0.2) is 18.3 Å². The second kappa shape index (κ2) is 4.90. The fraction of sp³-hybridized carbons (Fsp3) is 0.556. The van der Waals surface area contributed by atoms with Crippen LogP contribution in [0.5, 0.6) is 0 Å². The number of alkyl halides is 2. The first-order valence-electron chi connectivity index (χ1n) is 4.65. The van der Waals surface area contributed by atoms with Gasteiger partial charge in [-0.1, -0.05) is 6.92 Å². The van der Waals surface area contributed by atoms with Crippen LogP contribution < -0.4 is 0 Å². The van der Waals surface area contributed by atoms with Crippen LogP contribution in [0.25, 0.3) is 0 Å². The number of rotatable bonds is 4. The molecule has 1 N–H and O–H groups in total. The normalized spacial score (nSPS) is 13.1. The minimum Gasteiger partial charge on any atom is -0.480 e. The van der Waals surface area contributed by atoms with Crippen molar-refractivity contribution >= 4 is 21.9 Å². The second-order valence-corrected chi connectivity index (χ2v) is 4.09. The highest BCUT2D eigenvalue weighted by molar-refractivity contribution is 9.10. The van der Waals surface area contributed by atoms with Crippen LogP contribution in [0.4, 0.5) is 8.78 Å². The molecule has 0 fully saturated rings. The number of carboxylic acid groups (broad SMARTS) is 1. The average molecular weight is 297 g/mol. The number of hydrogen-bond donors (Lipinski definition) is 1. The first-order valence-corrected chi connectivity index (χ1v) is 5.44. The molecule has 0 spiro atoms. The Labute approximate surface area is 99.4 Å². The third-order valence-electron chi connectivity index (χ3n) is 2.22. The van der Waals surface area contributed by atoms with Gasteiger partial charge >= 0.3 is 5.97 Å². The first-order chi connectivity index (χ1) is 7.40. The quantitative estimate of drug-likeness (QED) is 0.929. The molecule has 0 aliphatic carbocycles. The van der Waals surface area contributed by atoms with Gasteiger partial charge in [0.15, 0.2) is 0 Å². The molecule has 1 rings (SSSR count). The Morgan fingerprint density at radius 3 is 2.56 bits per heavy atom. The van der Waals surface area contributed by atoms with Gasteiger partial charge in [0.1, 0.15) is 11.7 Å². The smallest absolute Gasteiger partial charge is 0.328 e. The monoisotopic (exact) mass is 296 g/mol. The third kappa shape index (κ3) is 2.23. The Morgan fingerprint density at radius 1 is 1.62 bits per heavy atom. The molecule has 4 nitrogen and oxygen atoms in total. The van der Waals surface area contributed by atoms with Crippen LogP contribution >= 0.6 is 15.9 Å². The van der Waals surface area contributed by atoms with Gasteiger partial charge in [0.2, 0.25) is 0 Å². The highest BCUT2D eigenvalue weighted by atomic mass is 79.9. The van der Waals surface area contributed by atoms with E-state index in [9.17, 15) is 13.6 Å². The van der Waals surface area contributed by atoms with E-state index < -0.39 is 18.4 Å². The number of carboxylic acids is 1. The van der Waals surface area contributed by atoms with Crippen molar-refractivity contribution in [3.8, 4) is 0 Å². The minimum atomic E-state index is -2.76. The van der Waals surface area contributed by atoms with Crippen molar-refractivity contribution in [2.24, 2.45) is 0 Å². The highest BCUT2D eigenvalue weighted by Gasteiger charge is 2.28. The van der Waals surface area contributed by atoms with Crippen molar-refractivity contribution in [3.63, 3.8) is 0 Å². The van der Waals surface area contributed by atoms with Gasteiger partial charge < -0.3 is 5.11 Å². The Hall–Kier alpha value is -0.980. The van der Waals surface area contributed by atoms with Crippen molar-refractivity contribution < 1.29 is 18.7 Å². The van der Waals surface area contributed by atoms with Gasteiger partial charge in [0.05, 0.1) is 10.2 Å². The molecule has 0 saturated carbocycles. The fourth-order valence-corrected chi connectivity index (χ4v) is 1.86. The summed E-state index contributed by atoms with van der Waals surface area (Å²) in [5, 5.41) is 12.7. The van der Waals surface area contributed by atoms with Crippen LogP contribution in [0.15, 0.2) is 4.47 Å². The van der Waals surface area contributed by atoms with E-state index in [0.717, 1.165) is 4.68 Å². The summed E-state index contributed by atoms with van der Waals surface area (Å²) >= 11 is 2.99. The predicted octanol–water partition coefficient (Wildman–Crippen LogP) is 2.93. The maximum Gasteiger partial charge on any atom is 0.328 e. The van der Waals surface area contributed by atoms with Crippen LogP contribution in [0.2, 0.25) is 0 Å². The van der Waals surface area contributed by atoms with Crippen LogP contribution in [0.1, 0.15) is 37.2 Å². The van der Waals surface area contributed by atoms with E-state index in [4.69, 9.17) is 5.11 Å². The summed E-state index contributed by atoms with van der Waals surface area (Å²) in [5.74, 6) is -1.17. The van der Waals surface area contributed by atoms with Crippen LogP contribution in [-0.4, -0.2) is 20.9 Å². The molecular weight excluding hydrogens is 286 g/mol. The highest BCUT2D eigenvalue weighted by Crippen LogP contribution is 2.32. The molecule has 0 aromatic carbocycles. The van der Waals surface area contributed by atoms with Crippen molar-refractivity contribution in [2.75, 3.05) is 0 Å². The molecule has 16 heavy (non-hydrogen) atoms. The molecule has 0 aliphatic heterocycles. The molecule has 0 bridgehead atoms. The zero-order valence-corrected chi connectivity index (χ0v) is 10.3. The lowest BCUT2D eigenvalue weighted by Crippen LogP contribution is -2.21. The lowest BCUT2D eigenvalue weighted by Gasteiger charge is -2.13. The molecule has 90 valence electrons. The largest absolute Gasteiger partial charge is 0.480 e. The number of aliphatic carboxylic acids is 1. The summed E-state index contributed by atoms with van der Waals surface area (Å²) in [5.41, 5.74) is -0.0262. The molecule has 0 aliphatic rings. The van der Waals surface area contributed by atoms with E-state index in [2.05, 4.69) is 21.0 Å². The lowest BCUT2D eigenvalue weighted by atomic mass is 10.2. The Balaban J connectivity index is 3.32. The van der Waals surface area contributed by atoms with E-state index in [1.807, 2.05) is 0 Å². The standard InChI is InChI=1S/C9H11BrF2N2O2/c1-3-5(9(15)16)14-7(8(11)12)6(10)4(2)13-14/h5,8H,3H2,1-2H3,(H,15,16). The molecule has 0 saturated heterocycles. The first kappa shape index (κ1) is 13.1. The number of carbonyl (C=O) groups is 1.